The minimum atomic E-state index is -0.284. The minimum absolute atomic E-state index is 0.00532. The van der Waals surface area contributed by atoms with Crippen LogP contribution in [0, 0.1) is 50.2 Å². The molecule has 212 valence electrons. The summed E-state index contributed by atoms with van der Waals surface area (Å²) in [6.45, 7) is 16.6. The van der Waals surface area contributed by atoms with Gasteiger partial charge in [-0.25, -0.2) is 0 Å². The van der Waals surface area contributed by atoms with Crippen LogP contribution in [-0.4, -0.2) is 41.9 Å². The topological polar surface area (TPSA) is 57.6 Å². The van der Waals surface area contributed by atoms with E-state index in [1.165, 1.54) is 12.0 Å². The van der Waals surface area contributed by atoms with E-state index in [1.54, 1.807) is 25.1 Å². The summed E-state index contributed by atoms with van der Waals surface area (Å²) < 4.78 is 0. The van der Waals surface area contributed by atoms with Crippen molar-refractivity contribution in [2.75, 3.05) is 14.1 Å². The van der Waals surface area contributed by atoms with Gasteiger partial charge >= 0.3 is 0 Å². The molecule has 0 heterocycles. The highest BCUT2D eigenvalue weighted by atomic mass is 16.3. The van der Waals surface area contributed by atoms with E-state index >= 15 is 0 Å². The lowest BCUT2D eigenvalue weighted by molar-refractivity contribution is -0.202. The normalized spacial score (nSPS) is 49.8. The molecule has 5 aliphatic carbocycles. The third kappa shape index (κ3) is 3.71. The van der Waals surface area contributed by atoms with E-state index in [1.807, 2.05) is 0 Å². The fraction of sp³-hybridized carbons (Fsp3) is 0.824. The lowest BCUT2D eigenvalue weighted by Gasteiger charge is -2.70. The largest absolute Gasteiger partial charge is 0.393 e. The number of likely N-dealkylation sites (N-methyl/N-ethyl adjacent to an activating group) is 1. The van der Waals surface area contributed by atoms with Crippen LogP contribution in [-0.2, 0) is 9.59 Å². The lowest BCUT2D eigenvalue weighted by atomic mass is 9.33. The van der Waals surface area contributed by atoms with Crippen molar-refractivity contribution >= 4 is 11.7 Å². The molecule has 0 aromatic heterocycles. The molecule has 1 N–H and O–H groups in total. The Morgan fingerprint density at radius 2 is 1.61 bits per heavy atom. The molecular weight excluding hydrogens is 470 g/mol. The summed E-state index contributed by atoms with van der Waals surface area (Å²) >= 11 is 0. The molecule has 0 bridgehead atoms. The number of aliphatic hydroxyl groups excluding tert-OH is 1. The van der Waals surface area contributed by atoms with E-state index in [0.717, 1.165) is 51.4 Å². The number of hydrogen-bond donors (Lipinski definition) is 1. The van der Waals surface area contributed by atoms with Crippen molar-refractivity contribution in [3.63, 3.8) is 0 Å². The van der Waals surface area contributed by atoms with E-state index in [2.05, 4.69) is 60.6 Å². The van der Waals surface area contributed by atoms with Crippen LogP contribution < -0.4 is 0 Å². The van der Waals surface area contributed by atoms with Crippen molar-refractivity contribution in [1.82, 2.24) is 4.90 Å². The summed E-state index contributed by atoms with van der Waals surface area (Å²) in [6.07, 6.45) is 15.3. The maximum Gasteiger partial charge on any atom is 0.245 e. The van der Waals surface area contributed by atoms with Gasteiger partial charge in [0.05, 0.1) is 6.10 Å². The number of rotatable bonds is 2. The number of hydrogen-bond acceptors (Lipinski definition) is 3. The summed E-state index contributed by atoms with van der Waals surface area (Å²) in [6, 6.07) is 0. The van der Waals surface area contributed by atoms with Crippen LogP contribution in [0.4, 0.5) is 0 Å². The number of nitrogens with zero attached hydrogens (tertiary/aromatic N) is 1. The smallest absolute Gasteiger partial charge is 0.245 e. The van der Waals surface area contributed by atoms with Crippen molar-refractivity contribution in [2.24, 2.45) is 50.2 Å². The van der Waals surface area contributed by atoms with Gasteiger partial charge in [0.2, 0.25) is 5.91 Å². The van der Waals surface area contributed by atoms with Crippen LogP contribution in [0.25, 0.3) is 0 Å². The number of allylic oxidation sites excluding steroid dienone is 3. The Morgan fingerprint density at radius 1 is 0.947 bits per heavy atom. The molecule has 4 saturated carbocycles. The number of carbonyl (C=O) groups excluding carboxylic acids is 2. The zero-order valence-corrected chi connectivity index (χ0v) is 25.6. The first-order valence-corrected chi connectivity index (χ1v) is 15.3. The van der Waals surface area contributed by atoms with Crippen LogP contribution >= 0.6 is 0 Å². The second-order valence-electron chi connectivity index (χ2n) is 16.3. The zero-order chi connectivity index (χ0) is 28.1. The van der Waals surface area contributed by atoms with E-state index in [-0.39, 0.29) is 50.4 Å². The first-order valence-electron chi connectivity index (χ1n) is 15.3. The third-order valence-corrected chi connectivity index (χ3v) is 13.7. The molecule has 4 heteroatoms. The Morgan fingerprint density at radius 3 is 2.26 bits per heavy atom. The van der Waals surface area contributed by atoms with Crippen LogP contribution in [0.3, 0.4) is 0 Å². The predicted molar refractivity (Wildman–Crippen MR) is 153 cm³/mol. The van der Waals surface area contributed by atoms with E-state index in [4.69, 9.17) is 0 Å². The van der Waals surface area contributed by atoms with E-state index < -0.39 is 0 Å². The second kappa shape index (κ2) is 8.54. The molecular formula is C34H53NO3. The maximum atomic E-state index is 14.4. The van der Waals surface area contributed by atoms with Gasteiger partial charge in [0.1, 0.15) is 0 Å². The summed E-state index contributed by atoms with van der Waals surface area (Å²) in [5, 5.41) is 10.9. The van der Waals surface area contributed by atoms with Gasteiger partial charge in [-0.05, 0) is 114 Å². The van der Waals surface area contributed by atoms with Gasteiger partial charge in [-0.3, -0.25) is 9.59 Å². The molecule has 4 nitrogen and oxygen atoms in total. The molecule has 0 saturated heterocycles. The summed E-state index contributed by atoms with van der Waals surface area (Å²) in [7, 11) is 3.61. The molecule has 5 aliphatic rings. The van der Waals surface area contributed by atoms with Crippen LogP contribution in [0.1, 0.15) is 106 Å². The Balaban J connectivity index is 1.55. The Hall–Kier alpha value is -1.42. The highest BCUT2D eigenvalue weighted by Gasteiger charge is 2.70. The maximum absolute atomic E-state index is 14.4. The van der Waals surface area contributed by atoms with Gasteiger partial charge in [0.15, 0.2) is 5.78 Å². The Kier molecular flexibility index (Phi) is 6.32. The average molecular weight is 524 g/mol. The number of amides is 1. The van der Waals surface area contributed by atoms with Crippen molar-refractivity contribution in [3.8, 4) is 0 Å². The number of fused-ring (bicyclic) bond motifs is 7. The predicted octanol–water partition coefficient (Wildman–Crippen LogP) is 6.97. The van der Waals surface area contributed by atoms with Gasteiger partial charge in [0.25, 0.3) is 0 Å². The highest BCUT2D eigenvalue weighted by Crippen LogP contribution is 2.75. The molecule has 9 atom stereocenters. The standard InChI is InChI=1S/C34H53NO3/c1-29(2)25-10-15-34(7)28(32(25,5)14-11-26(29)37)24(36)20-22-23-21-30(3,13-12-27(38)35(8)9)16-17-31(23,4)18-19-33(22,34)6/h12-13,20,23,25-26,28,37H,10-11,14-19,21H2,1-9H3/b13-12+/t23-,25-,26-,28+,30-,31+,32-,33+,34+/m0/s1. The highest BCUT2D eigenvalue weighted by molar-refractivity contribution is 5.95. The SMILES string of the molecule is CN(C)C(=O)/C=C/[C@@]1(C)CC[C@]2(C)CC[C@]3(C)C(=CC(=O)[C@@H]4[C@@]5(C)CC[C@H](O)C(C)(C)[C@@H]5CC[C@]43C)[C@@H]2C1. The molecule has 0 radical (unpaired) electrons. The van der Waals surface area contributed by atoms with Gasteiger partial charge in [0, 0.05) is 20.0 Å². The van der Waals surface area contributed by atoms with Crippen LogP contribution in [0.15, 0.2) is 23.8 Å². The molecule has 1 amide bonds. The number of carbonyl (C=O) groups is 2. The van der Waals surface area contributed by atoms with Crippen molar-refractivity contribution < 1.29 is 14.7 Å². The monoisotopic (exact) mass is 523 g/mol. The molecule has 4 fully saturated rings. The summed E-state index contributed by atoms with van der Waals surface area (Å²) in [5.41, 5.74) is 1.30. The summed E-state index contributed by atoms with van der Waals surface area (Å²) in [4.78, 5) is 28.4. The van der Waals surface area contributed by atoms with Crippen LogP contribution in [0.5, 0.6) is 0 Å². The van der Waals surface area contributed by atoms with Crippen molar-refractivity contribution in [3.05, 3.63) is 23.8 Å². The molecule has 0 aliphatic heterocycles. The number of ketones is 1. The van der Waals surface area contributed by atoms with Crippen molar-refractivity contribution in [2.45, 2.75) is 112 Å². The fourth-order valence-electron chi connectivity index (χ4n) is 10.8. The molecule has 38 heavy (non-hydrogen) atoms. The van der Waals surface area contributed by atoms with Gasteiger partial charge in [-0.2, -0.15) is 0 Å². The first-order chi connectivity index (χ1) is 17.4. The lowest BCUT2D eigenvalue weighted by Crippen LogP contribution is -2.66. The molecule has 0 unspecified atom stereocenters. The van der Waals surface area contributed by atoms with E-state index in [9.17, 15) is 14.7 Å². The fourth-order valence-corrected chi connectivity index (χ4v) is 10.8. The molecule has 0 aromatic carbocycles. The van der Waals surface area contributed by atoms with Gasteiger partial charge in [-0.15, -0.1) is 0 Å². The van der Waals surface area contributed by atoms with Gasteiger partial charge in [-0.1, -0.05) is 60.1 Å². The second-order valence-corrected chi connectivity index (χ2v) is 16.3. The Bertz CT molecular complexity index is 1090. The van der Waals surface area contributed by atoms with Crippen molar-refractivity contribution in [1.29, 1.82) is 0 Å². The average Bonchev–Trinajstić information content (AvgIpc) is 2.82. The summed E-state index contributed by atoms with van der Waals surface area (Å²) in [5.74, 6) is 1.16. The molecule has 0 aromatic rings. The van der Waals surface area contributed by atoms with Gasteiger partial charge < -0.3 is 10.0 Å². The number of aliphatic hydroxyl groups is 1. The minimum Gasteiger partial charge on any atom is -0.393 e. The zero-order valence-electron chi connectivity index (χ0n) is 25.6. The van der Waals surface area contributed by atoms with Crippen LogP contribution in [0.2, 0.25) is 0 Å². The Labute approximate surface area is 231 Å². The molecule has 0 spiro atoms. The first kappa shape index (κ1) is 28.1. The quantitative estimate of drug-likeness (QED) is 0.398. The third-order valence-electron chi connectivity index (χ3n) is 13.7. The van der Waals surface area contributed by atoms with E-state index in [0.29, 0.717) is 17.6 Å². The molecule has 5 rings (SSSR count).